The fourth-order valence-electron chi connectivity index (χ4n) is 2.05. The Kier molecular flexibility index (Phi) is 3.75. The molecule has 1 N–H and O–H groups in total. The van der Waals surface area contributed by atoms with Crippen LogP contribution in [0.1, 0.15) is 35.0 Å². The fourth-order valence-corrected chi connectivity index (χ4v) is 3.38. The van der Waals surface area contributed by atoms with Gasteiger partial charge in [-0.05, 0) is 26.0 Å². The highest BCUT2D eigenvalue weighted by Gasteiger charge is 2.34. The first-order valence-electron chi connectivity index (χ1n) is 5.93. The second kappa shape index (κ2) is 5.16. The summed E-state index contributed by atoms with van der Waals surface area (Å²) in [5.41, 5.74) is 0. The summed E-state index contributed by atoms with van der Waals surface area (Å²) >= 11 is 0. The van der Waals surface area contributed by atoms with E-state index in [1.54, 1.807) is 4.90 Å². The first-order valence-corrected chi connectivity index (χ1v) is 7.31. The molecule has 7 heteroatoms. The Labute approximate surface area is 112 Å². The van der Waals surface area contributed by atoms with Gasteiger partial charge in [0, 0.05) is 29.1 Å². The van der Waals surface area contributed by atoms with Crippen molar-refractivity contribution in [2.24, 2.45) is 0 Å². The van der Waals surface area contributed by atoms with Crippen LogP contribution in [-0.4, -0.2) is 49.7 Å². The molecule has 1 aliphatic heterocycles. The van der Waals surface area contributed by atoms with Gasteiger partial charge in [0.15, 0.2) is 5.76 Å². The lowest BCUT2D eigenvalue weighted by Gasteiger charge is -2.36. The number of furan rings is 1. The Morgan fingerprint density at radius 2 is 2.00 bits per heavy atom. The SMILES string of the molecule is CC1C(C)S(=O)CCN1C(=O)c1ccc(C(=O)O)o1. The second-order valence-corrected chi connectivity index (χ2v) is 6.41. The standard InChI is InChI=1S/C12H15NO5S/c1-7-8(2)19(17)6-5-13(7)11(14)9-3-4-10(18-9)12(15)16/h3-4,7-8H,5-6H2,1-2H3,(H,15,16). The smallest absolute Gasteiger partial charge is 0.371 e. The summed E-state index contributed by atoms with van der Waals surface area (Å²) in [6.45, 7) is 4.06. The fraction of sp³-hybridized carbons (Fsp3) is 0.500. The van der Waals surface area contributed by atoms with Crippen LogP contribution < -0.4 is 0 Å². The quantitative estimate of drug-likeness (QED) is 0.874. The van der Waals surface area contributed by atoms with Gasteiger partial charge in [0.25, 0.3) is 5.91 Å². The van der Waals surface area contributed by atoms with Crippen molar-refractivity contribution in [2.75, 3.05) is 12.3 Å². The van der Waals surface area contributed by atoms with Gasteiger partial charge in [-0.2, -0.15) is 0 Å². The van der Waals surface area contributed by atoms with Gasteiger partial charge in [-0.1, -0.05) is 0 Å². The minimum atomic E-state index is -1.21. The van der Waals surface area contributed by atoms with Crippen LogP contribution in [0, 0.1) is 0 Å². The van der Waals surface area contributed by atoms with Gasteiger partial charge in [-0.25, -0.2) is 4.79 Å². The van der Waals surface area contributed by atoms with E-state index in [-0.39, 0.29) is 28.7 Å². The highest BCUT2D eigenvalue weighted by atomic mass is 32.2. The van der Waals surface area contributed by atoms with E-state index in [0.29, 0.717) is 12.3 Å². The third kappa shape index (κ3) is 2.56. The molecule has 1 fully saturated rings. The Morgan fingerprint density at radius 1 is 1.37 bits per heavy atom. The number of carbonyl (C=O) groups excluding carboxylic acids is 1. The van der Waals surface area contributed by atoms with E-state index in [1.807, 2.05) is 13.8 Å². The first kappa shape index (κ1) is 13.8. The molecular formula is C12H15NO5S. The lowest BCUT2D eigenvalue weighted by Crippen LogP contribution is -2.52. The highest BCUT2D eigenvalue weighted by Crippen LogP contribution is 2.20. The molecule has 3 atom stereocenters. The van der Waals surface area contributed by atoms with Crippen LogP contribution in [0.2, 0.25) is 0 Å². The second-order valence-electron chi connectivity index (χ2n) is 4.50. The number of carboxylic acids is 1. The number of carboxylic acid groups (broad SMARTS) is 1. The summed E-state index contributed by atoms with van der Waals surface area (Å²) in [5, 5.41) is 8.66. The zero-order chi connectivity index (χ0) is 14.2. The molecule has 0 aliphatic carbocycles. The van der Waals surface area contributed by atoms with Crippen LogP contribution >= 0.6 is 0 Å². The average Bonchev–Trinajstić information content (AvgIpc) is 2.85. The van der Waals surface area contributed by atoms with Crippen molar-refractivity contribution < 1.29 is 23.3 Å². The van der Waals surface area contributed by atoms with Crippen molar-refractivity contribution in [3.05, 3.63) is 23.7 Å². The van der Waals surface area contributed by atoms with Gasteiger partial charge in [0.1, 0.15) is 0 Å². The largest absolute Gasteiger partial charge is 0.475 e. The van der Waals surface area contributed by atoms with Crippen LogP contribution in [0.4, 0.5) is 0 Å². The van der Waals surface area contributed by atoms with Crippen LogP contribution in [0.25, 0.3) is 0 Å². The van der Waals surface area contributed by atoms with Crippen LogP contribution in [-0.2, 0) is 10.8 Å². The van der Waals surface area contributed by atoms with Gasteiger partial charge < -0.3 is 14.4 Å². The first-order chi connectivity index (χ1) is 8.91. The van der Waals surface area contributed by atoms with E-state index < -0.39 is 16.8 Å². The van der Waals surface area contributed by atoms with E-state index in [2.05, 4.69) is 0 Å². The van der Waals surface area contributed by atoms with Crippen molar-refractivity contribution in [3.63, 3.8) is 0 Å². The maximum atomic E-state index is 12.2. The molecule has 2 heterocycles. The summed E-state index contributed by atoms with van der Waals surface area (Å²) < 4.78 is 16.7. The number of hydrogen-bond donors (Lipinski definition) is 1. The van der Waals surface area contributed by atoms with Crippen molar-refractivity contribution in [1.82, 2.24) is 4.90 Å². The number of nitrogens with zero attached hydrogens (tertiary/aromatic N) is 1. The average molecular weight is 285 g/mol. The molecule has 0 aromatic carbocycles. The molecular weight excluding hydrogens is 270 g/mol. The Bertz CT molecular complexity index is 538. The molecule has 19 heavy (non-hydrogen) atoms. The lowest BCUT2D eigenvalue weighted by atomic mass is 10.2. The number of aromatic carboxylic acids is 1. The molecule has 1 aliphatic rings. The molecule has 0 bridgehead atoms. The Morgan fingerprint density at radius 3 is 2.58 bits per heavy atom. The number of amides is 1. The zero-order valence-corrected chi connectivity index (χ0v) is 11.5. The molecule has 0 radical (unpaired) electrons. The molecule has 3 unspecified atom stereocenters. The summed E-state index contributed by atoms with van der Waals surface area (Å²) in [6, 6.07) is 2.45. The minimum absolute atomic E-state index is 0.00383. The molecule has 0 saturated carbocycles. The third-order valence-corrected chi connectivity index (χ3v) is 5.22. The van der Waals surface area contributed by atoms with Crippen LogP contribution in [0.3, 0.4) is 0 Å². The van der Waals surface area contributed by atoms with Crippen molar-refractivity contribution in [3.8, 4) is 0 Å². The topological polar surface area (TPSA) is 87.8 Å². The van der Waals surface area contributed by atoms with Gasteiger partial charge in [-0.3, -0.25) is 9.00 Å². The summed E-state index contributed by atoms with van der Waals surface area (Å²) in [4.78, 5) is 24.5. The zero-order valence-electron chi connectivity index (χ0n) is 10.7. The Balaban J connectivity index is 2.19. The van der Waals surface area contributed by atoms with Crippen molar-refractivity contribution in [1.29, 1.82) is 0 Å². The van der Waals surface area contributed by atoms with Gasteiger partial charge in [-0.15, -0.1) is 0 Å². The molecule has 1 aromatic heterocycles. The van der Waals surface area contributed by atoms with Crippen LogP contribution in [0.5, 0.6) is 0 Å². The van der Waals surface area contributed by atoms with Crippen LogP contribution in [0.15, 0.2) is 16.5 Å². The molecule has 2 rings (SSSR count). The predicted molar refractivity (Wildman–Crippen MR) is 68.6 cm³/mol. The maximum Gasteiger partial charge on any atom is 0.371 e. The molecule has 1 amide bonds. The molecule has 0 spiro atoms. The summed E-state index contributed by atoms with van der Waals surface area (Å²) in [7, 11) is -0.929. The highest BCUT2D eigenvalue weighted by molar-refractivity contribution is 7.85. The Hall–Kier alpha value is -1.63. The van der Waals surface area contributed by atoms with E-state index in [1.165, 1.54) is 12.1 Å². The maximum absolute atomic E-state index is 12.2. The molecule has 6 nitrogen and oxygen atoms in total. The monoisotopic (exact) mass is 285 g/mol. The number of carbonyl (C=O) groups is 2. The molecule has 1 saturated heterocycles. The normalized spacial score (nSPS) is 27.3. The van der Waals surface area contributed by atoms with E-state index >= 15 is 0 Å². The third-order valence-electron chi connectivity index (χ3n) is 3.41. The van der Waals surface area contributed by atoms with Gasteiger partial charge in [0.05, 0.1) is 5.25 Å². The molecule has 1 aromatic rings. The number of rotatable bonds is 2. The lowest BCUT2D eigenvalue weighted by molar-refractivity contribution is 0.0631. The predicted octanol–water partition coefficient (Wildman–Crippen LogP) is 0.959. The van der Waals surface area contributed by atoms with Gasteiger partial charge in [0.2, 0.25) is 5.76 Å². The van der Waals surface area contributed by atoms with E-state index in [9.17, 15) is 13.8 Å². The summed E-state index contributed by atoms with van der Waals surface area (Å²) in [6.07, 6.45) is 0. The minimum Gasteiger partial charge on any atom is -0.475 e. The van der Waals surface area contributed by atoms with E-state index in [4.69, 9.17) is 9.52 Å². The molecule has 104 valence electrons. The van der Waals surface area contributed by atoms with Crippen molar-refractivity contribution >= 4 is 22.7 Å². The van der Waals surface area contributed by atoms with Gasteiger partial charge >= 0.3 is 5.97 Å². The summed E-state index contributed by atoms with van der Waals surface area (Å²) in [5.74, 6) is -1.39. The van der Waals surface area contributed by atoms with Crippen molar-refractivity contribution in [2.45, 2.75) is 25.1 Å². The number of hydrogen-bond acceptors (Lipinski definition) is 4. The van der Waals surface area contributed by atoms with E-state index in [0.717, 1.165) is 0 Å².